The number of aromatic amines is 1. The SMILES string of the molecule is COc1cc(F)cc(OCC2(CNC(=O)O)CC2)c1-c1cc(Nc2cnc(C#N)cn2)n[nH]1. The summed E-state index contributed by atoms with van der Waals surface area (Å²) in [6.07, 6.45) is 3.24. The molecule has 12 heteroatoms. The van der Waals surface area contributed by atoms with Gasteiger partial charge in [0.25, 0.3) is 0 Å². The molecule has 2 aromatic heterocycles. The minimum absolute atomic E-state index is 0.188. The van der Waals surface area contributed by atoms with E-state index in [1.165, 1.54) is 31.6 Å². The fourth-order valence-corrected chi connectivity index (χ4v) is 3.24. The van der Waals surface area contributed by atoms with E-state index in [0.29, 0.717) is 22.9 Å². The summed E-state index contributed by atoms with van der Waals surface area (Å²) in [6.45, 7) is 0.473. The van der Waals surface area contributed by atoms with Crippen molar-refractivity contribution in [3.8, 4) is 28.8 Å². The van der Waals surface area contributed by atoms with Gasteiger partial charge in [0.1, 0.15) is 29.2 Å². The predicted molar refractivity (Wildman–Crippen MR) is 114 cm³/mol. The zero-order chi connectivity index (χ0) is 23.4. The molecule has 11 nitrogen and oxygen atoms in total. The molecule has 1 aliphatic carbocycles. The highest BCUT2D eigenvalue weighted by Gasteiger charge is 2.44. The van der Waals surface area contributed by atoms with Crippen LogP contribution in [0.2, 0.25) is 0 Å². The number of hydrogen-bond donors (Lipinski definition) is 4. The molecule has 0 saturated heterocycles. The molecule has 0 unspecified atom stereocenters. The van der Waals surface area contributed by atoms with Gasteiger partial charge in [-0.1, -0.05) is 0 Å². The summed E-state index contributed by atoms with van der Waals surface area (Å²) in [5.74, 6) is 0.736. The van der Waals surface area contributed by atoms with Crippen molar-refractivity contribution in [2.75, 3.05) is 25.6 Å². The molecule has 2 heterocycles. The first-order chi connectivity index (χ1) is 15.9. The summed E-state index contributed by atoms with van der Waals surface area (Å²) in [7, 11) is 1.42. The molecular weight excluding hydrogens is 433 g/mol. The average molecular weight is 453 g/mol. The number of nitrogens with zero attached hydrogens (tertiary/aromatic N) is 4. The van der Waals surface area contributed by atoms with Gasteiger partial charge in [-0.2, -0.15) is 10.4 Å². The summed E-state index contributed by atoms with van der Waals surface area (Å²) in [5, 5.41) is 30.1. The van der Waals surface area contributed by atoms with Crippen LogP contribution < -0.4 is 20.1 Å². The third-order valence-electron chi connectivity index (χ3n) is 5.23. The Morgan fingerprint density at radius 3 is 2.70 bits per heavy atom. The third kappa shape index (κ3) is 5.09. The standard InChI is InChI=1S/C21H20FN7O4/c1-32-15-4-12(22)5-16(33-11-21(2-3-21)10-26-20(30)31)19(15)14-6-17(29-28-14)27-18-9-24-13(7-23)8-25-18/h4-6,8-9,26H,2-3,10-11H2,1H3,(H,30,31)(H2,25,27,28,29). The van der Waals surface area contributed by atoms with Crippen molar-refractivity contribution in [2.24, 2.45) is 5.41 Å². The van der Waals surface area contributed by atoms with Crippen molar-refractivity contribution in [2.45, 2.75) is 12.8 Å². The van der Waals surface area contributed by atoms with Crippen molar-refractivity contribution in [1.29, 1.82) is 5.26 Å². The molecule has 4 N–H and O–H groups in total. The number of rotatable bonds is 9. The lowest BCUT2D eigenvalue weighted by molar-refractivity contribution is 0.184. The quantitative estimate of drug-likeness (QED) is 0.382. The fourth-order valence-electron chi connectivity index (χ4n) is 3.24. The van der Waals surface area contributed by atoms with E-state index in [0.717, 1.165) is 12.8 Å². The molecule has 0 radical (unpaired) electrons. The van der Waals surface area contributed by atoms with Crippen molar-refractivity contribution >= 4 is 17.7 Å². The number of benzene rings is 1. The number of H-pyrrole nitrogens is 1. The number of methoxy groups -OCH3 is 1. The highest BCUT2D eigenvalue weighted by atomic mass is 19.1. The summed E-state index contributed by atoms with van der Waals surface area (Å²) >= 11 is 0. The Kier molecular flexibility index (Phi) is 5.95. The maximum Gasteiger partial charge on any atom is 0.404 e. The lowest BCUT2D eigenvalue weighted by atomic mass is 10.1. The molecule has 0 bridgehead atoms. The molecule has 1 aliphatic rings. The van der Waals surface area contributed by atoms with Gasteiger partial charge in [0.15, 0.2) is 11.5 Å². The maximum absolute atomic E-state index is 14.2. The van der Waals surface area contributed by atoms with E-state index < -0.39 is 11.9 Å². The van der Waals surface area contributed by atoms with Gasteiger partial charge in [-0.15, -0.1) is 0 Å². The molecule has 0 atom stereocenters. The van der Waals surface area contributed by atoms with E-state index >= 15 is 0 Å². The van der Waals surface area contributed by atoms with E-state index in [2.05, 4.69) is 30.8 Å². The van der Waals surface area contributed by atoms with Crippen LogP contribution >= 0.6 is 0 Å². The number of nitriles is 1. The van der Waals surface area contributed by atoms with Crippen molar-refractivity contribution in [3.63, 3.8) is 0 Å². The Labute approximate surface area is 187 Å². The van der Waals surface area contributed by atoms with Crippen molar-refractivity contribution < 1.29 is 23.8 Å². The zero-order valence-electron chi connectivity index (χ0n) is 17.6. The van der Waals surface area contributed by atoms with Crippen LogP contribution in [0, 0.1) is 22.6 Å². The van der Waals surface area contributed by atoms with Crippen LogP contribution in [0.4, 0.5) is 20.8 Å². The normalized spacial score (nSPS) is 13.6. The summed E-state index contributed by atoms with van der Waals surface area (Å²) in [5.41, 5.74) is 0.837. The van der Waals surface area contributed by atoms with Crippen LogP contribution in [0.3, 0.4) is 0 Å². The Morgan fingerprint density at radius 1 is 1.27 bits per heavy atom. The number of nitrogens with one attached hydrogen (secondary N) is 3. The molecular formula is C21H20FN7O4. The van der Waals surface area contributed by atoms with Crippen LogP contribution in [0.1, 0.15) is 18.5 Å². The monoisotopic (exact) mass is 453 g/mol. The van der Waals surface area contributed by atoms with Crippen LogP contribution in [-0.4, -0.2) is 51.6 Å². The molecule has 170 valence electrons. The first-order valence-corrected chi connectivity index (χ1v) is 9.93. The van der Waals surface area contributed by atoms with Crippen LogP contribution in [0.5, 0.6) is 11.5 Å². The second-order valence-corrected chi connectivity index (χ2v) is 7.62. The topological polar surface area (TPSA) is 158 Å². The van der Waals surface area contributed by atoms with Gasteiger partial charge >= 0.3 is 6.09 Å². The number of anilines is 2. The van der Waals surface area contributed by atoms with Gasteiger partial charge in [0, 0.05) is 30.2 Å². The van der Waals surface area contributed by atoms with Gasteiger partial charge in [-0.25, -0.2) is 19.2 Å². The fraction of sp³-hybridized carbons (Fsp3) is 0.286. The second kappa shape index (κ2) is 8.99. The zero-order valence-corrected chi connectivity index (χ0v) is 17.6. The molecule has 0 aliphatic heterocycles. The van der Waals surface area contributed by atoms with Gasteiger partial charge in [-0.3, -0.25) is 5.10 Å². The molecule has 1 fully saturated rings. The van der Waals surface area contributed by atoms with E-state index in [4.69, 9.17) is 19.8 Å². The number of hydrogen-bond acceptors (Lipinski definition) is 8. The number of carbonyl (C=O) groups is 1. The van der Waals surface area contributed by atoms with E-state index in [-0.39, 0.29) is 35.8 Å². The number of halogens is 1. The highest BCUT2D eigenvalue weighted by molar-refractivity contribution is 5.76. The molecule has 4 rings (SSSR count). The smallest absolute Gasteiger partial charge is 0.404 e. The van der Waals surface area contributed by atoms with Crippen molar-refractivity contribution in [1.82, 2.24) is 25.5 Å². The number of carboxylic acid groups (broad SMARTS) is 1. The van der Waals surface area contributed by atoms with Gasteiger partial charge in [0.2, 0.25) is 0 Å². The predicted octanol–water partition coefficient (Wildman–Crippen LogP) is 3.06. The van der Waals surface area contributed by atoms with Crippen molar-refractivity contribution in [3.05, 3.63) is 42.1 Å². The maximum atomic E-state index is 14.2. The average Bonchev–Trinajstić information content (AvgIpc) is 3.45. The minimum Gasteiger partial charge on any atom is -0.496 e. The Hall–Kier alpha value is -4.40. The van der Waals surface area contributed by atoms with E-state index in [1.54, 1.807) is 6.07 Å². The minimum atomic E-state index is -1.10. The first-order valence-electron chi connectivity index (χ1n) is 9.93. The lowest BCUT2D eigenvalue weighted by Gasteiger charge is -2.19. The number of ether oxygens (including phenoxy) is 2. The Bertz CT molecular complexity index is 1200. The van der Waals surface area contributed by atoms with Gasteiger partial charge in [0.05, 0.1) is 37.4 Å². The number of aromatic nitrogens is 4. The van der Waals surface area contributed by atoms with E-state index in [1.807, 2.05) is 6.07 Å². The molecule has 3 aromatic rings. The molecule has 0 spiro atoms. The second-order valence-electron chi connectivity index (χ2n) is 7.62. The van der Waals surface area contributed by atoms with Gasteiger partial charge < -0.3 is 25.2 Å². The Morgan fingerprint density at radius 2 is 2.06 bits per heavy atom. The van der Waals surface area contributed by atoms with Crippen LogP contribution in [0.25, 0.3) is 11.3 Å². The summed E-state index contributed by atoms with van der Waals surface area (Å²) < 4.78 is 25.6. The van der Waals surface area contributed by atoms with Crippen LogP contribution in [-0.2, 0) is 0 Å². The third-order valence-corrected chi connectivity index (χ3v) is 5.23. The highest BCUT2D eigenvalue weighted by Crippen LogP contribution is 2.47. The van der Waals surface area contributed by atoms with Gasteiger partial charge in [-0.05, 0) is 12.8 Å². The van der Waals surface area contributed by atoms with E-state index in [9.17, 15) is 9.18 Å². The Balaban J connectivity index is 1.56. The first kappa shape index (κ1) is 21.8. The number of amides is 1. The lowest BCUT2D eigenvalue weighted by Crippen LogP contribution is -2.32. The molecule has 1 saturated carbocycles. The summed E-state index contributed by atoms with van der Waals surface area (Å²) in [6, 6.07) is 6.05. The summed E-state index contributed by atoms with van der Waals surface area (Å²) in [4.78, 5) is 18.9. The van der Waals surface area contributed by atoms with Crippen LogP contribution in [0.15, 0.2) is 30.6 Å². The molecule has 1 aromatic carbocycles. The molecule has 1 amide bonds. The molecule has 33 heavy (non-hydrogen) atoms. The largest absolute Gasteiger partial charge is 0.496 e.